The maximum Gasteiger partial charge on any atom is 0 e. The van der Waals surface area contributed by atoms with Crippen LogP contribution in [-0.4, -0.2) is 22.3 Å². The van der Waals surface area contributed by atoms with Crippen molar-refractivity contribution in [1.29, 1.82) is 0 Å². The van der Waals surface area contributed by atoms with Crippen LogP contribution in [0.3, 0.4) is 0 Å². The van der Waals surface area contributed by atoms with Crippen molar-refractivity contribution in [3.05, 3.63) is 43.2 Å². The molecule has 1 aliphatic carbocycles. The Morgan fingerprint density at radius 3 is 1.82 bits per heavy atom. The molecule has 0 aliphatic heterocycles. The summed E-state index contributed by atoms with van der Waals surface area (Å²) < 4.78 is 34.1. The Morgan fingerprint density at radius 2 is 1.46 bits per heavy atom. The minimum absolute atomic E-state index is 0. The van der Waals surface area contributed by atoms with Crippen molar-refractivity contribution >= 4 is 18.8 Å². The minimum Gasteiger partial charge on any atom is 0 e. The number of ether oxygens (including phenoxy) is 2. The number of allylic oxidation sites excluding steroid dienone is 2. The van der Waals surface area contributed by atoms with Gasteiger partial charge in [0.2, 0.25) is 0 Å². The maximum atomic E-state index is 7.50. The monoisotopic (exact) mass is 440 g/mol. The molecule has 0 saturated heterocycles. The summed E-state index contributed by atoms with van der Waals surface area (Å²) in [5.74, 6) is 2.43. The molecule has 152 valence electrons. The third kappa shape index (κ3) is 7.17. The molecule has 1 aromatic carbocycles. The first kappa shape index (κ1) is 31.2. The Kier molecular flexibility index (Phi) is 17.2. The first-order chi connectivity index (χ1) is 12.8. The first-order valence-corrected chi connectivity index (χ1v) is 11.9. The first-order valence-electron chi connectivity index (χ1n) is 8.41. The number of hydrogen-bond acceptors (Lipinski definition) is 2. The summed E-state index contributed by atoms with van der Waals surface area (Å²) in [5, 5.41) is 1.36. The molecule has 0 N–H and O–H groups in total. The van der Waals surface area contributed by atoms with Gasteiger partial charge in [0.25, 0.3) is 0 Å². The van der Waals surface area contributed by atoms with E-state index in [0.29, 0.717) is 5.92 Å². The predicted molar refractivity (Wildman–Crippen MR) is 106 cm³/mol. The smallest absolute Gasteiger partial charge is 0 e. The fourth-order valence-electron chi connectivity index (χ4n) is 3.32. The van der Waals surface area contributed by atoms with Crippen LogP contribution in [0.4, 0.5) is 0 Å². The van der Waals surface area contributed by atoms with E-state index in [0.717, 1.165) is 17.9 Å². The molecule has 0 amide bonds. The van der Waals surface area contributed by atoms with E-state index in [2.05, 4.69) is 65.6 Å². The van der Waals surface area contributed by atoms with Crippen LogP contribution in [0.5, 0.6) is 11.5 Å². The molecule has 0 aromatic heterocycles. The summed E-state index contributed by atoms with van der Waals surface area (Å²) in [7, 11) is 2.03. The maximum absolute atomic E-state index is 7.50. The zero-order valence-electron chi connectivity index (χ0n) is 17.6. The molecule has 5 nitrogen and oxygen atoms in total. The van der Waals surface area contributed by atoms with E-state index in [-0.39, 0.29) is 17.4 Å². The third-order valence-electron chi connectivity index (χ3n) is 4.52. The van der Waals surface area contributed by atoms with Gasteiger partial charge in [0.05, 0.1) is 22.3 Å². The van der Waals surface area contributed by atoms with E-state index in [1.165, 1.54) is 28.3 Å². The summed E-state index contributed by atoms with van der Waals surface area (Å²) in [6.07, 6.45) is 4.59. The molecule has 1 aliphatic rings. The second-order valence-electron chi connectivity index (χ2n) is 6.96. The summed E-state index contributed by atoms with van der Waals surface area (Å²) in [6.45, 7) is 25.0. The average molecular weight is 441 g/mol. The quantitative estimate of drug-likeness (QED) is 0.396. The Morgan fingerprint density at radius 1 is 1.00 bits per heavy atom. The molecule has 0 fully saturated rings. The summed E-state index contributed by atoms with van der Waals surface area (Å²) in [4.78, 5) is 0. The van der Waals surface area contributed by atoms with E-state index < -0.39 is 8.07 Å². The van der Waals surface area contributed by atoms with Crippen LogP contribution >= 0.6 is 0 Å². The van der Waals surface area contributed by atoms with Gasteiger partial charge < -0.3 is 9.47 Å². The number of hydrogen-bond donors (Lipinski definition) is 0. The molecule has 28 heavy (non-hydrogen) atoms. The van der Waals surface area contributed by atoms with Crippen LogP contribution in [0.15, 0.2) is 12.1 Å². The standard InChI is InChI=1S/C18H28O2Si.3CO.Cr/c1-8-13-10-9-12(2)16-14(13)11-15(21(5,6)7)17(19-3)18(16)20-4;3*1-2;/h8,11-12H,9-10H2,1-7H3;;;;/b13-8+;;;;/t12-;;;;/m0..../s1. The molecular formula is C21H28CrO5Si. The van der Waals surface area contributed by atoms with Crippen molar-refractivity contribution in [2.75, 3.05) is 14.2 Å². The van der Waals surface area contributed by atoms with Crippen LogP contribution in [0, 0.1) is 20.0 Å². The second kappa shape index (κ2) is 15.5. The normalized spacial score (nSPS) is 15.5. The topological polar surface area (TPSA) is 78.2 Å². The van der Waals surface area contributed by atoms with Crippen LogP contribution in [-0.2, 0) is 31.3 Å². The Bertz CT molecular complexity index is 685. The van der Waals surface area contributed by atoms with Crippen molar-refractivity contribution in [3.63, 3.8) is 0 Å². The van der Waals surface area contributed by atoms with Crippen LogP contribution in [0.25, 0.3) is 5.57 Å². The molecule has 0 radical (unpaired) electrons. The molecule has 0 spiro atoms. The van der Waals surface area contributed by atoms with Crippen molar-refractivity contribution in [3.8, 4) is 11.5 Å². The molecular weight excluding hydrogens is 412 g/mol. The van der Waals surface area contributed by atoms with E-state index in [9.17, 15) is 0 Å². The summed E-state index contributed by atoms with van der Waals surface area (Å²) in [5.41, 5.74) is 4.16. The van der Waals surface area contributed by atoms with Gasteiger partial charge >= 0.3 is 33.9 Å². The Balaban J connectivity index is -0.000000815. The van der Waals surface area contributed by atoms with E-state index in [1.54, 1.807) is 14.2 Å². The molecule has 0 heterocycles. The van der Waals surface area contributed by atoms with Gasteiger partial charge in [-0.15, -0.1) is 0 Å². The second-order valence-corrected chi connectivity index (χ2v) is 12.0. The van der Waals surface area contributed by atoms with Gasteiger partial charge in [-0.3, -0.25) is 0 Å². The zero-order chi connectivity index (χ0) is 21.8. The molecule has 0 saturated carbocycles. The van der Waals surface area contributed by atoms with Crippen molar-refractivity contribution < 1.29 is 40.8 Å². The van der Waals surface area contributed by atoms with Crippen LogP contribution < -0.4 is 14.7 Å². The third-order valence-corrected chi connectivity index (χ3v) is 6.51. The van der Waals surface area contributed by atoms with E-state index in [1.807, 2.05) is 0 Å². The number of methoxy groups -OCH3 is 2. The Hall–Kier alpha value is -1.47. The fourth-order valence-corrected chi connectivity index (χ4v) is 4.80. The van der Waals surface area contributed by atoms with Gasteiger partial charge in [0.15, 0.2) is 11.5 Å². The molecule has 0 unspecified atom stereocenters. The number of rotatable bonds is 3. The van der Waals surface area contributed by atoms with Crippen LogP contribution in [0.1, 0.15) is 43.7 Å². The predicted octanol–water partition coefficient (Wildman–Crippen LogP) is 4.43. The van der Waals surface area contributed by atoms with Gasteiger partial charge in [-0.05, 0) is 42.0 Å². The van der Waals surface area contributed by atoms with Gasteiger partial charge in [-0.2, -0.15) is 0 Å². The summed E-state index contributed by atoms with van der Waals surface area (Å²) >= 11 is 0. The van der Waals surface area contributed by atoms with Crippen molar-refractivity contribution in [2.45, 2.75) is 52.2 Å². The number of benzene rings is 1. The SMILES string of the molecule is C/C=C1\CC[C@H](C)c2c1cc([Si](C)(C)C)c(OC)c2OC.[C-]#[O+].[C-]#[O+].[C-]#[O+].[Cr]. The van der Waals surface area contributed by atoms with Crippen LogP contribution in [0.2, 0.25) is 19.6 Å². The van der Waals surface area contributed by atoms with E-state index >= 15 is 0 Å². The van der Waals surface area contributed by atoms with Gasteiger partial charge in [0.1, 0.15) is 0 Å². The van der Waals surface area contributed by atoms with E-state index in [4.69, 9.17) is 23.4 Å². The van der Waals surface area contributed by atoms with Crippen molar-refractivity contribution in [2.24, 2.45) is 0 Å². The molecule has 1 aromatic rings. The fraction of sp³-hybridized carbons (Fsp3) is 0.476. The zero-order valence-corrected chi connectivity index (χ0v) is 19.9. The van der Waals surface area contributed by atoms with Gasteiger partial charge in [0, 0.05) is 22.9 Å². The number of fused-ring (bicyclic) bond motifs is 1. The molecule has 0 bridgehead atoms. The molecule has 2 rings (SSSR count). The Labute approximate surface area is 180 Å². The minimum atomic E-state index is -1.50. The van der Waals surface area contributed by atoms with Gasteiger partial charge in [-0.1, -0.05) is 38.7 Å². The largest absolute Gasteiger partial charge is 0 e. The average Bonchev–Trinajstić information content (AvgIpc) is 2.70. The van der Waals surface area contributed by atoms with Gasteiger partial charge in [-0.25, -0.2) is 0 Å². The molecule has 1 atom stereocenters. The summed E-state index contributed by atoms with van der Waals surface area (Å²) in [6, 6.07) is 2.38. The molecule has 7 heteroatoms. The van der Waals surface area contributed by atoms with Crippen molar-refractivity contribution in [1.82, 2.24) is 0 Å².